The van der Waals surface area contributed by atoms with Crippen molar-refractivity contribution in [2.45, 2.75) is 116 Å². The van der Waals surface area contributed by atoms with Crippen molar-refractivity contribution < 1.29 is 14.3 Å². The summed E-state index contributed by atoms with van der Waals surface area (Å²) in [6.07, 6.45) is 23.6. The Labute approximate surface area is 186 Å². The van der Waals surface area contributed by atoms with E-state index in [0.29, 0.717) is 19.8 Å². The summed E-state index contributed by atoms with van der Waals surface area (Å²) < 4.78 is 2.18. The monoisotopic (exact) mass is 421 g/mol. The largest absolute Gasteiger partial charge is 0.325 e. The molecule has 0 aliphatic heterocycles. The molecule has 0 fully saturated rings. The van der Waals surface area contributed by atoms with Gasteiger partial charge in [-0.15, -0.1) is 0 Å². The molecule has 1 aromatic heterocycles. The molecule has 0 aliphatic carbocycles. The Morgan fingerprint density at radius 1 is 0.700 bits per heavy atom. The van der Waals surface area contributed by atoms with E-state index < -0.39 is 0 Å². The molecule has 0 bridgehead atoms. The third kappa shape index (κ3) is 15.8. The van der Waals surface area contributed by atoms with Crippen LogP contribution in [0.2, 0.25) is 0 Å². The molecular formula is C26H49N2O2+. The molecule has 0 atom stereocenters. The minimum absolute atomic E-state index is 0.591. The first-order valence-electron chi connectivity index (χ1n) is 12.8. The SMILES string of the molecule is CCCCCCCCCCCCCCCCCOOCCc1cccc[n+]1CCN. The lowest BCUT2D eigenvalue weighted by Gasteiger charge is -2.05. The first-order valence-corrected chi connectivity index (χ1v) is 12.8. The van der Waals surface area contributed by atoms with Crippen molar-refractivity contribution in [3.63, 3.8) is 0 Å². The number of hydrogen-bond acceptors (Lipinski definition) is 3. The Hall–Kier alpha value is -0.970. The first-order chi connectivity index (χ1) is 14.9. The summed E-state index contributed by atoms with van der Waals surface area (Å²) in [7, 11) is 0. The summed E-state index contributed by atoms with van der Waals surface area (Å²) in [5.74, 6) is 0. The van der Waals surface area contributed by atoms with Crippen molar-refractivity contribution in [2.24, 2.45) is 5.73 Å². The van der Waals surface area contributed by atoms with Gasteiger partial charge in [-0.2, -0.15) is 0 Å². The van der Waals surface area contributed by atoms with E-state index >= 15 is 0 Å². The number of pyridine rings is 1. The van der Waals surface area contributed by atoms with Crippen molar-refractivity contribution >= 4 is 0 Å². The van der Waals surface area contributed by atoms with Gasteiger partial charge >= 0.3 is 0 Å². The summed E-state index contributed by atoms with van der Waals surface area (Å²) in [6.45, 7) is 5.08. The van der Waals surface area contributed by atoms with E-state index in [0.717, 1.165) is 19.4 Å². The average molecular weight is 422 g/mol. The van der Waals surface area contributed by atoms with Gasteiger partial charge in [0.05, 0.1) is 26.2 Å². The molecule has 4 heteroatoms. The third-order valence-corrected chi connectivity index (χ3v) is 5.76. The van der Waals surface area contributed by atoms with E-state index in [1.165, 1.54) is 95.6 Å². The highest BCUT2D eigenvalue weighted by Gasteiger charge is 2.08. The highest BCUT2D eigenvalue weighted by atomic mass is 17.2. The van der Waals surface area contributed by atoms with E-state index in [1.54, 1.807) is 0 Å². The molecule has 30 heavy (non-hydrogen) atoms. The van der Waals surface area contributed by atoms with Crippen LogP contribution in [0, 0.1) is 0 Å². The van der Waals surface area contributed by atoms with Gasteiger partial charge in [-0.25, -0.2) is 14.3 Å². The van der Waals surface area contributed by atoms with Gasteiger partial charge in [-0.05, 0) is 6.42 Å². The molecule has 2 N–H and O–H groups in total. The van der Waals surface area contributed by atoms with Gasteiger partial charge in [0.25, 0.3) is 0 Å². The Bertz CT molecular complexity index is 482. The van der Waals surface area contributed by atoms with Crippen LogP contribution in [-0.2, 0) is 22.7 Å². The molecule has 4 nitrogen and oxygen atoms in total. The highest BCUT2D eigenvalue weighted by Crippen LogP contribution is 2.13. The van der Waals surface area contributed by atoms with Crippen LogP contribution in [0.5, 0.6) is 0 Å². The number of hydrogen-bond donors (Lipinski definition) is 1. The zero-order chi connectivity index (χ0) is 21.5. The Morgan fingerprint density at radius 2 is 1.23 bits per heavy atom. The Kier molecular flexibility index (Phi) is 19.2. The molecule has 0 saturated carbocycles. The number of unbranched alkanes of at least 4 members (excludes halogenated alkanes) is 14. The lowest BCUT2D eigenvalue weighted by Crippen LogP contribution is -2.41. The maximum atomic E-state index is 5.66. The quantitative estimate of drug-likeness (QED) is 0.103. The second kappa shape index (κ2) is 21.3. The van der Waals surface area contributed by atoms with Crippen molar-refractivity contribution in [1.29, 1.82) is 0 Å². The number of nitrogens with two attached hydrogens (primary N) is 1. The van der Waals surface area contributed by atoms with Gasteiger partial charge in [-0.3, -0.25) is 0 Å². The Balaban J connectivity index is 1.78. The van der Waals surface area contributed by atoms with Crippen molar-refractivity contribution in [3.8, 4) is 0 Å². The van der Waals surface area contributed by atoms with Crippen molar-refractivity contribution in [2.75, 3.05) is 19.8 Å². The Morgan fingerprint density at radius 3 is 1.80 bits per heavy atom. The standard InChI is InChI=1S/C26H49N2O2/c1-2-3-4-5-6-7-8-9-10-11-12-13-14-15-18-24-29-30-25-20-26-19-16-17-22-28(26)23-21-27/h16-17,19,22H,2-15,18,20-21,23-25,27H2,1H3/q+1. The molecule has 0 amide bonds. The van der Waals surface area contributed by atoms with E-state index in [9.17, 15) is 0 Å². The van der Waals surface area contributed by atoms with Gasteiger partial charge in [-0.1, -0.05) is 103 Å². The smallest absolute Gasteiger partial charge is 0.183 e. The van der Waals surface area contributed by atoms with Crippen LogP contribution in [0.1, 0.15) is 109 Å². The van der Waals surface area contributed by atoms with E-state index in [-0.39, 0.29) is 0 Å². The van der Waals surface area contributed by atoms with Crippen LogP contribution in [0.25, 0.3) is 0 Å². The lowest BCUT2D eigenvalue weighted by atomic mass is 10.0. The fourth-order valence-electron chi connectivity index (χ4n) is 3.89. The predicted octanol–water partition coefficient (Wildman–Crippen LogP) is 6.29. The minimum Gasteiger partial charge on any atom is -0.325 e. The second-order valence-electron chi connectivity index (χ2n) is 8.52. The minimum atomic E-state index is 0.591. The molecule has 1 heterocycles. The van der Waals surface area contributed by atoms with Crippen LogP contribution in [0.3, 0.4) is 0 Å². The van der Waals surface area contributed by atoms with E-state index in [4.69, 9.17) is 15.5 Å². The average Bonchev–Trinajstić information content (AvgIpc) is 2.76. The number of rotatable bonds is 22. The molecule has 0 saturated heterocycles. The maximum absolute atomic E-state index is 5.66. The lowest BCUT2D eigenvalue weighted by molar-refractivity contribution is -0.702. The van der Waals surface area contributed by atoms with Gasteiger partial charge in [0.2, 0.25) is 0 Å². The summed E-state index contributed by atoms with van der Waals surface area (Å²) in [6, 6.07) is 6.21. The van der Waals surface area contributed by atoms with Crippen molar-refractivity contribution in [1.82, 2.24) is 0 Å². The fourth-order valence-corrected chi connectivity index (χ4v) is 3.89. The van der Waals surface area contributed by atoms with Gasteiger partial charge < -0.3 is 5.73 Å². The number of aromatic nitrogens is 1. The van der Waals surface area contributed by atoms with Crippen LogP contribution >= 0.6 is 0 Å². The predicted molar refractivity (Wildman–Crippen MR) is 126 cm³/mol. The van der Waals surface area contributed by atoms with Crippen LogP contribution in [0.15, 0.2) is 24.4 Å². The van der Waals surface area contributed by atoms with Crippen LogP contribution in [0.4, 0.5) is 0 Å². The zero-order valence-electron chi connectivity index (χ0n) is 19.8. The first kappa shape index (κ1) is 27.1. The zero-order valence-corrected chi connectivity index (χ0v) is 19.8. The fraction of sp³-hybridized carbons (Fsp3) is 0.808. The van der Waals surface area contributed by atoms with Gasteiger partial charge in [0.1, 0.15) is 0 Å². The summed E-state index contributed by atoms with van der Waals surface area (Å²) >= 11 is 0. The maximum Gasteiger partial charge on any atom is 0.183 e. The number of nitrogens with zero attached hydrogens (tertiary/aromatic N) is 1. The molecule has 1 rings (SSSR count). The van der Waals surface area contributed by atoms with Crippen molar-refractivity contribution in [3.05, 3.63) is 30.1 Å². The molecular weight excluding hydrogens is 372 g/mol. The summed E-state index contributed by atoms with van der Waals surface area (Å²) in [5, 5.41) is 0. The molecule has 0 unspecified atom stereocenters. The topological polar surface area (TPSA) is 48.4 Å². The van der Waals surface area contributed by atoms with Crippen LogP contribution < -0.4 is 10.3 Å². The summed E-state index contributed by atoms with van der Waals surface area (Å²) in [5.41, 5.74) is 6.89. The third-order valence-electron chi connectivity index (χ3n) is 5.76. The van der Waals surface area contributed by atoms with E-state index in [2.05, 4.69) is 29.8 Å². The molecule has 174 valence electrons. The molecule has 0 radical (unpaired) electrons. The highest BCUT2D eigenvalue weighted by molar-refractivity contribution is 4.97. The van der Waals surface area contributed by atoms with Gasteiger partial charge in [0.15, 0.2) is 18.4 Å². The summed E-state index contributed by atoms with van der Waals surface area (Å²) in [4.78, 5) is 10.7. The normalized spacial score (nSPS) is 11.3. The molecule has 1 aromatic rings. The van der Waals surface area contributed by atoms with E-state index in [1.807, 2.05) is 6.07 Å². The molecule has 0 aliphatic rings. The second-order valence-corrected chi connectivity index (χ2v) is 8.52. The molecule has 0 spiro atoms. The van der Waals surface area contributed by atoms with Crippen LogP contribution in [-0.4, -0.2) is 19.8 Å². The molecule has 0 aromatic carbocycles. The van der Waals surface area contributed by atoms with Gasteiger partial charge in [0, 0.05) is 12.1 Å².